The molecule has 0 aliphatic carbocycles. The van der Waals surface area contributed by atoms with Gasteiger partial charge in [-0.2, -0.15) is 4.99 Å². The molecule has 1 aliphatic rings. The van der Waals surface area contributed by atoms with Gasteiger partial charge in [-0.05, 0) is 85.9 Å². The number of alkyl halides is 3. The van der Waals surface area contributed by atoms with E-state index in [2.05, 4.69) is 44.2 Å². The van der Waals surface area contributed by atoms with E-state index in [4.69, 9.17) is 12.2 Å². The molecule has 1 amide bonds. The van der Waals surface area contributed by atoms with Crippen LogP contribution in [0.3, 0.4) is 0 Å². The Morgan fingerprint density at radius 3 is 2.56 bits per heavy atom. The van der Waals surface area contributed by atoms with E-state index in [0.717, 1.165) is 40.8 Å². The van der Waals surface area contributed by atoms with Crippen LogP contribution >= 0.6 is 24.0 Å². The highest BCUT2D eigenvalue weighted by molar-refractivity contribution is 8.15. The van der Waals surface area contributed by atoms with Crippen LogP contribution in [0, 0.1) is 6.92 Å². The number of aromatic nitrogens is 3. The second-order valence-corrected chi connectivity index (χ2v) is 11.9. The van der Waals surface area contributed by atoms with E-state index in [9.17, 15) is 18.0 Å². The molecule has 1 atom stereocenters. The standard InChI is InChI=1S/C32H31F3N6O2S2/c1-4-5-23-9-6-20(2)16-27(23)41-28(42)18-45-31(41)38-30(44)37-21(3)17-22-7-10-24(11-8-22)29-36-19-40(39-29)25-12-14-26(15-13-25)43-32(33,34)35/h6-16,19,21H,4-5,17-18H2,1-3H3,(H,37,44)/b38-31-. The van der Waals surface area contributed by atoms with Gasteiger partial charge in [-0.25, -0.2) is 9.67 Å². The molecule has 0 saturated carbocycles. The van der Waals surface area contributed by atoms with Gasteiger partial charge in [0.05, 0.1) is 17.1 Å². The fourth-order valence-electron chi connectivity index (χ4n) is 4.89. The van der Waals surface area contributed by atoms with Crippen LogP contribution in [-0.2, 0) is 17.6 Å². The zero-order valence-corrected chi connectivity index (χ0v) is 26.5. The average molecular weight is 653 g/mol. The third-order valence-electron chi connectivity index (χ3n) is 6.91. The second kappa shape index (κ2) is 13.8. The van der Waals surface area contributed by atoms with Crippen LogP contribution in [0.2, 0.25) is 0 Å². The number of thiocarbonyl (C=S) groups is 1. The van der Waals surface area contributed by atoms with Crippen LogP contribution in [0.25, 0.3) is 17.1 Å². The van der Waals surface area contributed by atoms with Gasteiger partial charge in [-0.3, -0.25) is 9.69 Å². The summed E-state index contributed by atoms with van der Waals surface area (Å²) in [7, 11) is 0. The SMILES string of the molecule is CCCc1ccc(C)cc1N1C(=O)CS/C1=N\C(=S)NC(C)Cc1ccc(-c2ncn(-c3ccc(OC(F)(F)F)cc3)n2)cc1. The number of hydrogen-bond acceptors (Lipinski definition) is 6. The van der Waals surface area contributed by atoms with Gasteiger partial charge in [-0.15, -0.1) is 18.3 Å². The van der Waals surface area contributed by atoms with Crippen LogP contribution in [0.1, 0.15) is 37.0 Å². The molecule has 234 valence electrons. The fourth-order valence-corrected chi connectivity index (χ4v) is 6.10. The van der Waals surface area contributed by atoms with Crippen LogP contribution < -0.4 is 15.0 Å². The highest BCUT2D eigenvalue weighted by atomic mass is 32.2. The molecule has 0 bridgehead atoms. The summed E-state index contributed by atoms with van der Waals surface area (Å²) in [5.41, 5.74) is 5.45. The van der Waals surface area contributed by atoms with Gasteiger partial charge >= 0.3 is 6.36 Å². The number of carbonyl (C=O) groups is 1. The zero-order valence-electron chi connectivity index (χ0n) is 24.8. The number of benzene rings is 3. The Labute approximate surface area is 268 Å². The number of aryl methyl sites for hydroxylation is 2. The van der Waals surface area contributed by atoms with E-state index in [1.807, 2.05) is 44.2 Å². The van der Waals surface area contributed by atoms with Crippen molar-refractivity contribution in [3.05, 3.63) is 89.7 Å². The Bertz CT molecular complexity index is 1710. The fraction of sp³-hybridized carbons (Fsp3) is 0.281. The van der Waals surface area contributed by atoms with Crippen molar-refractivity contribution in [1.29, 1.82) is 0 Å². The third kappa shape index (κ3) is 8.28. The van der Waals surface area contributed by atoms with Crippen molar-refractivity contribution in [1.82, 2.24) is 20.1 Å². The second-order valence-electron chi connectivity index (χ2n) is 10.6. The summed E-state index contributed by atoms with van der Waals surface area (Å²) in [6, 6.07) is 19.3. The number of anilines is 1. The summed E-state index contributed by atoms with van der Waals surface area (Å²) < 4.78 is 42.7. The van der Waals surface area contributed by atoms with Crippen molar-refractivity contribution in [2.24, 2.45) is 4.99 Å². The van der Waals surface area contributed by atoms with Gasteiger partial charge in [0, 0.05) is 11.6 Å². The van der Waals surface area contributed by atoms with Crippen molar-refractivity contribution in [3.63, 3.8) is 0 Å². The predicted octanol–water partition coefficient (Wildman–Crippen LogP) is 7.04. The molecule has 1 saturated heterocycles. The Morgan fingerprint density at radius 2 is 1.87 bits per heavy atom. The maximum Gasteiger partial charge on any atom is 0.573 e. The maximum atomic E-state index is 12.9. The summed E-state index contributed by atoms with van der Waals surface area (Å²) in [6.07, 6.45) is -0.740. The molecule has 0 spiro atoms. The molecule has 4 aromatic rings. The van der Waals surface area contributed by atoms with Gasteiger partial charge in [0.2, 0.25) is 5.91 Å². The number of amides is 1. The van der Waals surface area contributed by atoms with E-state index in [-0.39, 0.29) is 17.7 Å². The quantitative estimate of drug-likeness (QED) is 0.194. The molecule has 0 radical (unpaired) electrons. The molecular formula is C32H31F3N6O2S2. The molecule has 1 fully saturated rings. The van der Waals surface area contributed by atoms with Crippen molar-refractivity contribution >= 4 is 45.9 Å². The average Bonchev–Trinajstić information content (AvgIpc) is 3.61. The minimum absolute atomic E-state index is 0.00889. The summed E-state index contributed by atoms with van der Waals surface area (Å²) >= 11 is 6.95. The lowest BCUT2D eigenvalue weighted by Gasteiger charge is -2.21. The molecule has 1 aromatic heterocycles. The molecule has 2 heterocycles. The zero-order chi connectivity index (χ0) is 32.1. The lowest BCUT2D eigenvalue weighted by Crippen LogP contribution is -2.35. The molecule has 1 unspecified atom stereocenters. The number of aliphatic imine (C=N–C) groups is 1. The van der Waals surface area contributed by atoms with Gasteiger partial charge in [0.25, 0.3) is 0 Å². The summed E-state index contributed by atoms with van der Waals surface area (Å²) in [6.45, 7) is 6.14. The van der Waals surface area contributed by atoms with E-state index < -0.39 is 6.36 Å². The number of hydrogen-bond donors (Lipinski definition) is 1. The van der Waals surface area contributed by atoms with Crippen molar-refractivity contribution < 1.29 is 22.7 Å². The summed E-state index contributed by atoms with van der Waals surface area (Å²) in [5, 5.41) is 8.62. The Kier molecular flexibility index (Phi) is 9.88. The molecular weight excluding hydrogens is 622 g/mol. The largest absolute Gasteiger partial charge is 0.573 e. The minimum Gasteiger partial charge on any atom is -0.406 e. The number of amidine groups is 1. The summed E-state index contributed by atoms with van der Waals surface area (Å²) in [4.78, 5) is 23.5. The lowest BCUT2D eigenvalue weighted by molar-refractivity contribution is -0.274. The van der Waals surface area contributed by atoms with Gasteiger partial charge in [-0.1, -0.05) is 61.5 Å². The van der Waals surface area contributed by atoms with Crippen molar-refractivity contribution in [2.75, 3.05) is 10.7 Å². The number of rotatable bonds is 9. The normalized spacial score (nSPS) is 15.0. The smallest absolute Gasteiger partial charge is 0.406 e. The first-order valence-electron chi connectivity index (χ1n) is 14.3. The van der Waals surface area contributed by atoms with Crippen LogP contribution in [0.15, 0.2) is 78.0 Å². The third-order valence-corrected chi connectivity index (χ3v) is 8.05. The Morgan fingerprint density at radius 1 is 1.13 bits per heavy atom. The van der Waals surface area contributed by atoms with Gasteiger partial charge < -0.3 is 10.1 Å². The first-order chi connectivity index (χ1) is 21.5. The van der Waals surface area contributed by atoms with E-state index in [1.54, 1.807) is 4.90 Å². The molecule has 1 aliphatic heterocycles. The topological polar surface area (TPSA) is 84.6 Å². The highest BCUT2D eigenvalue weighted by Gasteiger charge is 2.32. The number of thioether (sulfide) groups is 1. The lowest BCUT2D eigenvalue weighted by atomic mass is 10.0. The monoisotopic (exact) mass is 652 g/mol. The van der Waals surface area contributed by atoms with Crippen LogP contribution in [0.5, 0.6) is 5.75 Å². The number of halogens is 3. The van der Waals surface area contributed by atoms with Gasteiger partial charge in [0.1, 0.15) is 12.1 Å². The van der Waals surface area contributed by atoms with Crippen molar-refractivity contribution in [3.8, 4) is 22.8 Å². The number of nitrogens with one attached hydrogen (secondary N) is 1. The maximum absolute atomic E-state index is 12.9. The molecule has 3 aromatic carbocycles. The van der Waals surface area contributed by atoms with E-state index >= 15 is 0 Å². The molecule has 5 rings (SSSR count). The van der Waals surface area contributed by atoms with E-state index in [1.165, 1.54) is 47.0 Å². The Balaban J connectivity index is 1.20. The predicted molar refractivity (Wildman–Crippen MR) is 175 cm³/mol. The van der Waals surface area contributed by atoms with Crippen molar-refractivity contribution in [2.45, 2.75) is 52.4 Å². The number of ether oxygens (including phenoxy) is 1. The molecule has 45 heavy (non-hydrogen) atoms. The highest BCUT2D eigenvalue weighted by Crippen LogP contribution is 2.31. The van der Waals surface area contributed by atoms with E-state index in [0.29, 0.717) is 34.0 Å². The Hall–Kier alpha value is -4.23. The van der Waals surface area contributed by atoms with Crippen LogP contribution in [-0.4, -0.2) is 49.1 Å². The minimum atomic E-state index is -4.75. The van der Waals surface area contributed by atoms with Crippen LogP contribution in [0.4, 0.5) is 18.9 Å². The van der Waals surface area contributed by atoms with Gasteiger partial charge in [0.15, 0.2) is 16.1 Å². The molecule has 8 nitrogen and oxygen atoms in total. The molecule has 1 N–H and O–H groups in total. The number of nitrogens with zero attached hydrogens (tertiary/aromatic N) is 5. The first-order valence-corrected chi connectivity index (χ1v) is 15.7. The molecule has 13 heteroatoms. The summed E-state index contributed by atoms with van der Waals surface area (Å²) in [5.74, 6) is 0.477. The number of carbonyl (C=O) groups excluding carboxylic acids is 1. The first kappa shape index (κ1) is 32.2.